The lowest BCUT2D eigenvalue weighted by Gasteiger charge is -2.02. The zero-order chi connectivity index (χ0) is 12.5. The molecule has 0 aliphatic carbocycles. The standard InChI is InChI=1S/C13H12N4O/c1-2-9-3-5-10(6-4-9)11-7-8-12-14-15-13(18)17(12)16-11/h3-8H,2H2,1H3,(H,15,18). The first-order valence-corrected chi connectivity index (χ1v) is 5.81. The Morgan fingerprint density at radius 2 is 1.94 bits per heavy atom. The molecular weight excluding hydrogens is 228 g/mol. The van der Waals surface area contributed by atoms with E-state index in [1.165, 1.54) is 10.1 Å². The van der Waals surface area contributed by atoms with E-state index in [2.05, 4.69) is 34.4 Å². The quantitative estimate of drug-likeness (QED) is 0.740. The lowest BCUT2D eigenvalue weighted by atomic mass is 10.1. The Hall–Kier alpha value is -2.43. The fourth-order valence-corrected chi connectivity index (χ4v) is 1.87. The molecular formula is C13H12N4O. The fraction of sp³-hybridized carbons (Fsp3) is 0.154. The van der Waals surface area contributed by atoms with Gasteiger partial charge in [0.05, 0.1) is 5.69 Å². The molecule has 0 aliphatic heterocycles. The molecule has 2 aromatic heterocycles. The van der Waals surface area contributed by atoms with E-state index >= 15 is 0 Å². The minimum atomic E-state index is -0.322. The Morgan fingerprint density at radius 3 is 2.67 bits per heavy atom. The molecule has 0 radical (unpaired) electrons. The number of aromatic amines is 1. The number of nitrogens with zero attached hydrogens (tertiary/aromatic N) is 3. The minimum absolute atomic E-state index is 0.322. The van der Waals surface area contributed by atoms with Crippen LogP contribution in [0.1, 0.15) is 12.5 Å². The second kappa shape index (κ2) is 4.10. The summed E-state index contributed by atoms with van der Waals surface area (Å²) >= 11 is 0. The lowest BCUT2D eigenvalue weighted by Crippen LogP contribution is -2.12. The van der Waals surface area contributed by atoms with Gasteiger partial charge in [-0.25, -0.2) is 9.89 Å². The number of hydrogen-bond donors (Lipinski definition) is 1. The molecule has 2 heterocycles. The summed E-state index contributed by atoms with van der Waals surface area (Å²) in [5, 5.41) is 10.5. The summed E-state index contributed by atoms with van der Waals surface area (Å²) < 4.78 is 1.27. The van der Waals surface area contributed by atoms with Crippen LogP contribution in [0.25, 0.3) is 16.9 Å². The van der Waals surface area contributed by atoms with Crippen molar-refractivity contribution in [1.82, 2.24) is 19.8 Å². The molecule has 0 saturated heterocycles. The number of aromatic nitrogens is 4. The van der Waals surface area contributed by atoms with E-state index in [9.17, 15) is 4.79 Å². The largest absolute Gasteiger partial charge is 0.364 e. The normalized spacial score (nSPS) is 10.9. The van der Waals surface area contributed by atoms with Gasteiger partial charge in [0.25, 0.3) is 0 Å². The van der Waals surface area contributed by atoms with Crippen LogP contribution in [0.5, 0.6) is 0 Å². The molecule has 1 aromatic carbocycles. The Labute approximate surface area is 103 Å². The molecule has 1 N–H and O–H groups in total. The number of H-pyrrole nitrogens is 1. The summed E-state index contributed by atoms with van der Waals surface area (Å²) in [5.74, 6) is 0. The highest BCUT2D eigenvalue weighted by molar-refractivity contribution is 5.60. The first-order valence-electron chi connectivity index (χ1n) is 5.81. The fourth-order valence-electron chi connectivity index (χ4n) is 1.87. The topological polar surface area (TPSA) is 63.0 Å². The van der Waals surface area contributed by atoms with Crippen LogP contribution >= 0.6 is 0 Å². The highest BCUT2D eigenvalue weighted by Gasteiger charge is 2.04. The summed E-state index contributed by atoms with van der Waals surface area (Å²) in [7, 11) is 0. The molecule has 0 atom stereocenters. The van der Waals surface area contributed by atoms with Crippen molar-refractivity contribution in [2.24, 2.45) is 0 Å². The minimum Gasteiger partial charge on any atom is -0.244 e. The van der Waals surface area contributed by atoms with Crippen LogP contribution in [0.3, 0.4) is 0 Å². The SMILES string of the molecule is CCc1ccc(-c2ccc3n[nH]c(=O)n3n2)cc1. The van der Waals surface area contributed by atoms with Gasteiger partial charge < -0.3 is 0 Å². The molecule has 90 valence electrons. The third kappa shape index (κ3) is 1.69. The smallest absolute Gasteiger partial charge is 0.244 e. The molecule has 3 rings (SSSR count). The Balaban J connectivity index is 2.12. The first kappa shape index (κ1) is 10.7. The van der Waals surface area contributed by atoms with Crippen LogP contribution < -0.4 is 5.69 Å². The second-order valence-electron chi connectivity index (χ2n) is 4.07. The van der Waals surface area contributed by atoms with Gasteiger partial charge in [-0.05, 0) is 24.1 Å². The molecule has 0 unspecified atom stereocenters. The number of hydrogen-bond acceptors (Lipinski definition) is 3. The van der Waals surface area contributed by atoms with Gasteiger partial charge in [-0.1, -0.05) is 31.2 Å². The van der Waals surface area contributed by atoms with Crippen molar-refractivity contribution in [2.75, 3.05) is 0 Å². The predicted octanol–water partition coefficient (Wildman–Crippen LogP) is 1.65. The van der Waals surface area contributed by atoms with E-state index in [4.69, 9.17) is 0 Å². The average Bonchev–Trinajstić information content (AvgIpc) is 2.80. The summed E-state index contributed by atoms with van der Waals surface area (Å²) in [6.07, 6.45) is 1.01. The highest BCUT2D eigenvalue weighted by Crippen LogP contribution is 2.17. The molecule has 5 heteroatoms. The highest BCUT2D eigenvalue weighted by atomic mass is 16.2. The van der Waals surface area contributed by atoms with E-state index in [0.29, 0.717) is 5.65 Å². The van der Waals surface area contributed by atoms with Gasteiger partial charge in [0.15, 0.2) is 5.65 Å². The maximum atomic E-state index is 11.4. The van der Waals surface area contributed by atoms with Crippen LogP contribution in [-0.4, -0.2) is 19.8 Å². The van der Waals surface area contributed by atoms with Gasteiger partial charge in [-0.15, -0.1) is 0 Å². The number of nitrogens with one attached hydrogen (secondary N) is 1. The zero-order valence-electron chi connectivity index (χ0n) is 9.92. The Morgan fingerprint density at radius 1 is 1.17 bits per heavy atom. The van der Waals surface area contributed by atoms with Crippen molar-refractivity contribution in [2.45, 2.75) is 13.3 Å². The first-order chi connectivity index (χ1) is 8.78. The van der Waals surface area contributed by atoms with Gasteiger partial charge in [-0.3, -0.25) is 0 Å². The van der Waals surface area contributed by atoms with Crippen molar-refractivity contribution < 1.29 is 0 Å². The van der Waals surface area contributed by atoms with E-state index in [1.807, 2.05) is 18.2 Å². The number of fused-ring (bicyclic) bond motifs is 1. The number of benzene rings is 1. The van der Waals surface area contributed by atoms with Crippen molar-refractivity contribution in [3.8, 4) is 11.3 Å². The third-order valence-electron chi connectivity index (χ3n) is 2.93. The average molecular weight is 240 g/mol. The van der Waals surface area contributed by atoms with Gasteiger partial charge in [0.1, 0.15) is 0 Å². The second-order valence-corrected chi connectivity index (χ2v) is 4.07. The van der Waals surface area contributed by atoms with Gasteiger partial charge in [0.2, 0.25) is 0 Å². The third-order valence-corrected chi connectivity index (χ3v) is 2.93. The lowest BCUT2D eigenvalue weighted by molar-refractivity contribution is 0.884. The maximum absolute atomic E-state index is 11.4. The molecule has 5 nitrogen and oxygen atoms in total. The van der Waals surface area contributed by atoms with Crippen LogP contribution in [0.15, 0.2) is 41.2 Å². The molecule has 0 saturated carbocycles. The molecule has 0 bridgehead atoms. The summed E-state index contributed by atoms with van der Waals surface area (Å²) in [4.78, 5) is 11.4. The monoisotopic (exact) mass is 240 g/mol. The van der Waals surface area contributed by atoms with Crippen LogP contribution in [0, 0.1) is 0 Å². The molecule has 0 spiro atoms. The molecule has 18 heavy (non-hydrogen) atoms. The van der Waals surface area contributed by atoms with Gasteiger partial charge in [0, 0.05) is 5.56 Å². The van der Waals surface area contributed by atoms with E-state index < -0.39 is 0 Å². The van der Waals surface area contributed by atoms with Crippen molar-refractivity contribution >= 4 is 5.65 Å². The summed E-state index contributed by atoms with van der Waals surface area (Å²) in [5.41, 5.74) is 3.22. The van der Waals surface area contributed by atoms with Crippen LogP contribution in [0.2, 0.25) is 0 Å². The van der Waals surface area contributed by atoms with E-state index in [0.717, 1.165) is 17.7 Å². The van der Waals surface area contributed by atoms with Crippen LogP contribution in [0.4, 0.5) is 0 Å². The number of aryl methyl sites for hydroxylation is 1. The van der Waals surface area contributed by atoms with E-state index in [1.54, 1.807) is 6.07 Å². The van der Waals surface area contributed by atoms with Crippen molar-refractivity contribution in [3.63, 3.8) is 0 Å². The van der Waals surface area contributed by atoms with E-state index in [-0.39, 0.29) is 5.69 Å². The van der Waals surface area contributed by atoms with Crippen molar-refractivity contribution in [1.29, 1.82) is 0 Å². The molecule has 0 aliphatic rings. The van der Waals surface area contributed by atoms with Crippen molar-refractivity contribution in [3.05, 3.63) is 52.4 Å². The van der Waals surface area contributed by atoms with Gasteiger partial charge >= 0.3 is 5.69 Å². The maximum Gasteiger partial charge on any atom is 0.364 e. The Kier molecular flexibility index (Phi) is 2.44. The zero-order valence-corrected chi connectivity index (χ0v) is 9.92. The van der Waals surface area contributed by atoms with Crippen LogP contribution in [-0.2, 0) is 6.42 Å². The summed E-state index contributed by atoms with van der Waals surface area (Å²) in [6.45, 7) is 2.12. The Bertz CT molecular complexity index is 740. The summed E-state index contributed by atoms with van der Waals surface area (Å²) in [6, 6.07) is 11.8. The molecule has 0 fully saturated rings. The number of rotatable bonds is 2. The van der Waals surface area contributed by atoms with Gasteiger partial charge in [-0.2, -0.15) is 14.7 Å². The molecule has 0 amide bonds. The predicted molar refractivity (Wildman–Crippen MR) is 68.4 cm³/mol. The molecule has 3 aromatic rings.